The van der Waals surface area contributed by atoms with Gasteiger partial charge >= 0.3 is 0 Å². The third kappa shape index (κ3) is 12.3. The van der Waals surface area contributed by atoms with Gasteiger partial charge in [-0.25, -0.2) is 0 Å². The van der Waals surface area contributed by atoms with Crippen LogP contribution in [0.25, 0.3) is 0 Å². The molecule has 0 aromatic heterocycles. The van der Waals surface area contributed by atoms with Crippen LogP contribution < -0.4 is 5.32 Å². The number of nitrogens with one attached hydrogen (secondary N) is 1. The van der Waals surface area contributed by atoms with E-state index in [9.17, 15) is 15.3 Å². The molecule has 5 nitrogen and oxygen atoms in total. The first kappa shape index (κ1) is 26.8. The molecule has 0 radical (unpaired) electrons. The summed E-state index contributed by atoms with van der Waals surface area (Å²) in [7, 11) is 0. The molecule has 0 spiro atoms. The predicted octanol–water partition coefficient (Wildman–Crippen LogP) is 4.67. The molecule has 1 aliphatic rings. The van der Waals surface area contributed by atoms with Crippen molar-refractivity contribution < 1.29 is 20.1 Å². The molecule has 4 N–H and O–H groups in total. The maximum absolute atomic E-state index is 9.96. The lowest BCUT2D eigenvalue weighted by molar-refractivity contribution is -0.224. The minimum atomic E-state index is -1.15. The van der Waals surface area contributed by atoms with Crippen molar-refractivity contribution in [2.75, 3.05) is 6.54 Å². The third-order valence-electron chi connectivity index (χ3n) is 6.23. The van der Waals surface area contributed by atoms with E-state index in [4.69, 9.17) is 4.74 Å². The van der Waals surface area contributed by atoms with E-state index in [1.165, 1.54) is 96.3 Å². The summed E-state index contributed by atoms with van der Waals surface area (Å²) < 4.78 is 5.54. The van der Waals surface area contributed by atoms with E-state index < -0.39 is 30.6 Å². The highest BCUT2D eigenvalue weighted by Crippen LogP contribution is 2.19. The summed E-state index contributed by atoms with van der Waals surface area (Å²) in [6, 6.07) is 0. The highest BCUT2D eigenvalue weighted by Gasteiger charge is 2.41. The zero-order valence-electron chi connectivity index (χ0n) is 19.2. The number of hydrogen-bond donors (Lipinski definition) is 4. The van der Waals surface area contributed by atoms with E-state index in [0.717, 1.165) is 13.0 Å². The first-order chi connectivity index (χ1) is 14.1. The Kier molecular flexibility index (Phi) is 16.2. The van der Waals surface area contributed by atoms with Crippen LogP contribution >= 0.6 is 0 Å². The van der Waals surface area contributed by atoms with Crippen molar-refractivity contribution in [2.45, 2.75) is 147 Å². The van der Waals surface area contributed by atoms with Crippen LogP contribution in [-0.4, -0.2) is 52.5 Å². The summed E-state index contributed by atoms with van der Waals surface area (Å²) in [6.45, 7) is 4.75. The molecule has 0 aromatic rings. The summed E-state index contributed by atoms with van der Waals surface area (Å²) >= 11 is 0. The number of aliphatic hydroxyl groups excluding tert-OH is 3. The lowest BCUT2D eigenvalue weighted by Crippen LogP contribution is -2.60. The maximum atomic E-state index is 9.96. The van der Waals surface area contributed by atoms with Gasteiger partial charge in [-0.1, -0.05) is 103 Å². The highest BCUT2D eigenvalue weighted by atomic mass is 16.5. The second-order valence-corrected chi connectivity index (χ2v) is 8.99. The molecule has 1 saturated heterocycles. The van der Waals surface area contributed by atoms with E-state index in [2.05, 4.69) is 12.2 Å². The van der Waals surface area contributed by atoms with Gasteiger partial charge < -0.3 is 20.1 Å². The largest absolute Gasteiger partial charge is 0.388 e. The molecular formula is C24H49NO4. The van der Waals surface area contributed by atoms with Crippen LogP contribution in [0.5, 0.6) is 0 Å². The zero-order valence-corrected chi connectivity index (χ0v) is 19.2. The Hall–Kier alpha value is -0.200. The van der Waals surface area contributed by atoms with E-state index >= 15 is 0 Å². The molecule has 1 fully saturated rings. The molecule has 5 heteroatoms. The molecule has 1 rings (SSSR count). The minimum absolute atomic E-state index is 0.475. The molecule has 0 saturated carbocycles. The Labute approximate surface area is 179 Å². The van der Waals surface area contributed by atoms with Crippen LogP contribution in [0.2, 0.25) is 0 Å². The molecule has 0 amide bonds. The van der Waals surface area contributed by atoms with E-state index in [0.29, 0.717) is 0 Å². The highest BCUT2D eigenvalue weighted by molar-refractivity contribution is 4.89. The van der Waals surface area contributed by atoms with Crippen molar-refractivity contribution in [3.05, 3.63) is 0 Å². The van der Waals surface area contributed by atoms with Crippen LogP contribution in [-0.2, 0) is 4.74 Å². The van der Waals surface area contributed by atoms with Crippen molar-refractivity contribution in [3.63, 3.8) is 0 Å². The molecule has 29 heavy (non-hydrogen) atoms. The molecule has 0 aliphatic carbocycles. The van der Waals surface area contributed by atoms with Gasteiger partial charge in [0.05, 0.1) is 6.10 Å². The van der Waals surface area contributed by atoms with Gasteiger partial charge in [-0.15, -0.1) is 0 Å². The standard InChI is InChI=1S/C24H49NO4/c1-3-4-5-6-7-8-9-10-11-12-13-14-15-16-17-18-19-25-24-23(28)22(27)21(26)20(2)29-24/h20-28H,3-19H2,1-2H3/t20-,21+,22+,23-,24?/m0/s1. The average molecular weight is 416 g/mol. The smallest absolute Gasteiger partial charge is 0.137 e. The van der Waals surface area contributed by atoms with Crippen LogP contribution in [0, 0.1) is 0 Å². The maximum Gasteiger partial charge on any atom is 0.137 e. The number of hydrogen-bond acceptors (Lipinski definition) is 5. The molecule has 5 atom stereocenters. The first-order valence-corrected chi connectivity index (χ1v) is 12.5. The third-order valence-corrected chi connectivity index (χ3v) is 6.23. The first-order valence-electron chi connectivity index (χ1n) is 12.5. The van der Waals surface area contributed by atoms with Crippen LogP contribution in [0.1, 0.15) is 117 Å². The molecule has 1 heterocycles. The topological polar surface area (TPSA) is 82.0 Å². The Morgan fingerprint density at radius 3 is 1.45 bits per heavy atom. The lowest BCUT2D eigenvalue weighted by atomic mass is 9.99. The quantitative estimate of drug-likeness (QED) is 0.245. The van der Waals surface area contributed by atoms with Gasteiger partial charge in [-0.3, -0.25) is 5.32 Å². The van der Waals surface area contributed by atoms with Crippen LogP contribution in [0.15, 0.2) is 0 Å². The van der Waals surface area contributed by atoms with Gasteiger partial charge in [-0.05, 0) is 19.9 Å². The van der Waals surface area contributed by atoms with Crippen LogP contribution in [0.4, 0.5) is 0 Å². The van der Waals surface area contributed by atoms with Gasteiger partial charge in [0.1, 0.15) is 24.5 Å². The molecule has 1 unspecified atom stereocenters. The Morgan fingerprint density at radius 1 is 0.586 bits per heavy atom. The van der Waals surface area contributed by atoms with E-state index in [-0.39, 0.29) is 0 Å². The fourth-order valence-corrected chi connectivity index (χ4v) is 4.14. The van der Waals surface area contributed by atoms with Crippen LogP contribution in [0.3, 0.4) is 0 Å². The lowest BCUT2D eigenvalue weighted by Gasteiger charge is -2.39. The summed E-state index contributed by atoms with van der Waals surface area (Å²) in [5.74, 6) is 0. The Morgan fingerprint density at radius 2 is 1.00 bits per heavy atom. The Balaban J connectivity index is 1.81. The molecule has 1 aliphatic heterocycles. The molecular weight excluding hydrogens is 366 g/mol. The number of unbranched alkanes of at least 4 members (excludes halogenated alkanes) is 15. The predicted molar refractivity (Wildman–Crippen MR) is 120 cm³/mol. The van der Waals surface area contributed by atoms with Gasteiger partial charge in [0.25, 0.3) is 0 Å². The number of rotatable bonds is 18. The van der Waals surface area contributed by atoms with Crippen molar-refractivity contribution in [1.29, 1.82) is 0 Å². The molecule has 0 aromatic carbocycles. The van der Waals surface area contributed by atoms with Crippen molar-refractivity contribution >= 4 is 0 Å². The van der Waals surface area contributed by atoms with Gasteiger partial charge in [0, 0.05) is 0 Å². The van der Waals surface area contributed by atoms with Crippen molar-refractivity contribution in [2.24, 2.45) is 0 Å². The van der Waals surface area contributed by atoms with Gasteiger partial charge in [-0.2, -0.15) is 0 Å². The molecule has 174 valence electrons. The summed E-state index contributed by atoms with van der Waals surface area (Å²) in [5, 5.41) is 32.6. The Bertz CT molecular complexity index is 369. The molecule has 0 bridgehead atoms. The average Bonchev–Trinajstić information content (AvgIpc) is 2.72. The fourth-order valence-electron chi connectivity index (χ4n) is 4.14. The van der Waals surface area contributed by atoms with Crippen molar-refractivity contribution in [3.8, 4) is 0 Å². The SMILES string of the molecule is CCCCCCCCCCCCCCCCCCNC1O[C@@H](C)[C@@H](O)[C@@H](O)[C@@H]1O. The summed E-state index contributed by atoms with van der Waals surface area (Å²) in [4.78, 5) is 0. The summed E-state index contributed by atoms with van der Waals surface area (Å²) in [6.07, 6.45) is 17.3. The fraction of sp³-hybridized carbons (Fsp3) is 1.00. The second-order valence-electron chi connectivity index (χ2n) is 8.99. The van der Waals surface area contributed by atoms with Gasteiger partial charge in [0.15, 0.2) is 0 Å². The normalized spacial score (nSPS) is 27.4. The minimum Gasteiger partial charge on any atom is -0.388 e. The van der Waals surface area contributed by atoms with Crippen molar-refractivity contribution in [1.82, 2.24) is 5.32 Å². The number of aliphatic hydroxyl groups is 3. The van der Waals surface area contributed by atoms with E-state index in [1.54, 1.807) is 6.92 Å². The van der Waals surface area contributed by atoms with Gasteiger partial charge in [0.2, 0.25) is 0 Å². The summed E-state index contributed by atoms with van der Waals surface area (Å²) in [5.41, 5.74) is 0. The monoisotopic (exact) mass is 415 g/mol. The number of ether oxygens (including phenoxy) is 1. The zero-order chi connectivity index (χ0) is 21.3. The van der Waals surface area contributed by atoms with E-state index in [1.807, 2.05) is 0 Å². The second kappa shape index (κ2) is 17.5.